The summed E-state index contributed by atoms with van der Waals surface area (Å²) in [5.74, 6) is -1.62. The number of hydrogen-bond acceptors (Lipinski definition) is 5. The monoisotopic (exact) mass is 388 g/mol. The molecule has 3 rings (SSSR count). The number of esters is 1. The fraction of sp³-hybridized carbons (Fsp3) is 0.350. The van der Waals surface area contributed by atoms with E-state index in [1.165, 1.54) is 0 Å². The van der Waals surface area contributed by atoms with E-state index in [1.54, 1.807) is 12.1 Å². The van der Waals surface area contributed by atoms with E-state index in [1.807, 2.05) is 18.2 Å². The van der Waals surface area contributed by atoms with Crippen LogP contribution in [0, 0.1) is 0 Å². The number of hydrogen-bond donors (Lipinski definition) is 1. The van der Waals surface area contributed by atoms with E-state index < -0.39 is 5.97 Å². The SMILES string of the molecule is CCCCNc1ccc2c3c(cccc13)C(=O)N(CCOC(=O)CCl)C2=O. The number of imide groups is 1. The molecule has 0 saturated heterocycles. The summed E-state index contributed by atoms with van der Waals surface area (Å²) in [5.41, 5.74) is 1.86. The lowest BCUT2D eigenvalue weighted by atomic mass is 9.93. The molecule has 0 spiro atoms. The number of benzene rings is 2. The number of amides is 2. The molecule has 1 aliphatic rings. The highest BCUT2D eigenvalue weighted by Crippen LogP contribution is 2.34. The van der Waals surface area contributed by atoms with Gasteiger partial charge in [-0.15, -0.1) is 11.6 Å². The molecule has 0 bridgehead atoms. The van der Waals surface area contributed by atoms with E-state index in [0.29, 0.717) is 16.5 Å². The van der Waals surface area contributed by atoms with Gasteiger partial charge in [0.2, 0.25) is 0 Å². The first-order chi connectivity index (χ1) is 13.1. The smallest absolute Gasteiger partial charge is 0.320 e. The first kappa shape index (κ1) is 19.2. The third-order valence-electron chi connectivity index (χ3n) is 4.52. The summed E-state index contributed by atoms with van der Waals surface area (Å²) in [4.78, 5) is 38.0. The van der Waals surface area contributed by atoms with Gasteiger partial charge in [-0.3, -0.25) is 19.3 Å². The maximum Gasteiger partial charge on any atom is 0.320 e. The van der Waals surface area contributed by atoms with Crippen molar-refractivity contribution in [1.82, 2.24) is 4.90 Å². The van der Waals surface area contributed by atoms with Gasteiger partial charge in [0.25, 0.3) is 11.8 Å². The third-order valence-corrected chi connectivity index (χ3v) is 4.74. The topological polar surface area (TPSA) is 75.7 Å². The molecular formula is C20H21ClN2O4. The Balaban J connectivity index is 1.91. The van der Waals surface area contributed by atoms with Crippen LogP contribution in [-0.4, -0.2) is 48.3 Å². The summed E-state index contributed by atoms with van der Waals surface area (Å²) in [7, 11) is 0. The molecule has 1 heterocycles. The summed E-state index contributed by atoms with van der Waals surface area (Å²) in [6.07, 6.45) is 2.12. The molecule has 0 radical (unpaired) electrons. The lowest BCUT2D eigenvalue weighted by Gasteiger charge is -2.27. The minimum atomic E-state index is -0.584. The minimum absolute atomic E-state index is 0.00732. The normalized spacial score (nSPS) is 13.2. The quantitative estimate of drug-likeness (QED) is 0.324. The molecule has 2 aromatic carbocycles. The lowest BCUT2D eigenvalue weighted by Crippen LogP contribution is -2.42. The summed E-state index contributed by atoms with van der Waals surface area (Å²) in [5, 5.41) is 4.91. The van der Waals surface area contributed by atoms with Crippen LogP contribution >= 0.6 is 11.6 Å². The van der Waals surface area contributed by atoms with Gasteiger partial charge in [-0.25, -0.2) is 0 Å². The van der Waals surface area contributed by atoms with Gasteiger partial charge >= 0.3 is 5.97 Å². The number of carbonyl (C=O) groups is 3. The van der Waals surface area contributed by atoms with Gasteiger partial charge in [-0.1, -0.05) is 25.5 Å². The second-order valence-corrected chi connectivity index (χ2v) is 6.55. The zero-order chi connectivity index (χ0) is 19.4. The molecule has 0 aliphatic carbocycles. The molecule has 0 fully saturated rings. The van der Waals surface area contributed by atoms with Crippen molar-refractivity contribution in [3.05, 3.63) is 41.5 Å². The van der Waals surface area contributed by atoms with Crippen LogP contribution in [0.5, 0.6) is 0 Å². The molecule has 27 heavy (non-hydrogen) atoms. The van der Waals surface area contributed by atoms with Crippen LogP contribution in [0.2, 0.25) is 0 Å². The van der Waals surface area contributed by atoms with Crippen molar-refractivity contribution in [3.8, 4) is 0 Å². The van der Waals surface area contributed by atoms with Crippen LogP contribution < -0.4 is 5.32 Å². The second-order valence-electron chi connectivity index (χ2n) is 6.29. The maximum absolute atomic E-state index is 12.8. The highest BCUT2D eigenvalue weighted by Gasteiger charge is 2.33. The molecule has 142 valence electrons. The molecule has 0 saturated carbocycles. The summed E-state index contributed by atoms with van der Waals surface area (Å²) in [6.45, 7) is 2.86. The number of unbranched alkanes of at least 4 members (excludes halogenated alkanes) is 1. The van der Waals surface area contributed by atoms with E-state index >= 15 is 0 Å². The molecular weight excluding hydrogens is 368 g/mol. The Morgan fingerprint density at radius 3 is 2.59 bits per heavy atom. The predicted molar refractivity (Wildman–Crippen MR) is 104 cm³/mol. The van der Waals surface area contributed by atoms with E-state index in [2.05, 4.69) is 12.2 Å². The largest absolute Gasteiger partial charge is 0.463 e. The van der Waals surface area contributed by atoms with Crippen molar-refractivity contribution >= 4 is 45.8 Å². The number of alkyl halides is 1. The molecule has 0 unspecified atom stereocenters. The van der Waals surface area contributed by atoms with Crippen LogP contribution in [0.4, 0.5) is 5.69 Å². The van der Waals surface area contributed by atoms with Gasteiger partial charge in [-0.2, -0.15) is 0 Å². The average Bonchev–Trinajstić information content (AvgIpc) is 2.69. The first-order valence-electron chi connectivity index (χ1n) is 8.95. The number of halogens is 1. The number of rotatable bonds is 8. The average molecular weight is 389 g/mol. The van der Waals surface area contributed by atoms with Gasteiger partial charge in [0.1, 0.15) is 12.5 Å². The van der Waals surface area contributed by atoms with Crippen molar-refractivity contribution < 1.29 is 19.1 Å². The van der Waals surface area contributed by atoms with E-state index in [9.17, 15) is 14.4 Å². The number of carbonyl (C=O) groups excluding carboxylic acids is 3. The van der Waals surface area contributed by atoms with Gasteiger partial charge in [-0.05, 0) is 24.6 Å². The van der Waals surface area contributed by atoms with E-state index in [-0.39, 0.29) is 30.8 Å². The first-order valence-corrected chi connectivity index (χ1v) is 9.49. The second kappa shape index (κ2) is 8.39. The Kier molecular flexibility index (Phi) is 5.96. The third kappa shape index (κ3) is 3.76. The van der Waals surface area contributed by atoms with Crippen molar-refractivity contribution in [3.63, 3.8) is 0 Å². The number of nitrogens with zero attached hydrogens (tertiary/aromatic N) is 1. The molecule has 2 amide bonds. The Hall–Kier alpha value is -2.60. The number of nitrogens with one attached hydrogen (secondary N) is 1. The zero-order valence-electron chi connectivity index (χ0n) is 15.1. The fourth-order valence-electron chi connectivity index (χ4n) is 3.19. The van der Waals surface area contributed by atoms with Crippen LogP contribution in [0.3, 0.4) is 0 Å². The fourth-order valence-corrected chi connectivity index (χ4v) is 3.27. The molecule has 0 aromatic heterocycles. The molecule has 1 N–H and O–H groups in total. The number of anilines is 1. The molecule has 6 nitrogen and oxygen atoms in total. The highest BCUT2D eigenvalue weighted by atomic mass is 35.5. The Morgan fingerprint density at radius 1 is 1.15 bits per heavy atom. The van der Waals surface area contributed by atoms with Crippen LogP contribution in [0.25, 0.3) is 10.8 Å². The minimum Gasteiger partial charge on any atom is -0.463 e. The van der Waals surface area contributed by atoms with Gasteiger partial charge in [0.15, 0.2) is 0 Å². The molecule has 0 atom stereocenters. The van der Waals surface area contributed by atoms with Crippen LogP contribution in [0.1, 0.15) is 40.5 Å². The summed E-state index contributed by atoms with van der Waals surface area (Å²) < 4.78 is 4.90. The molecule has 1 aliphatic heterocycles. The van der Waals surface area contributed by atoms with Crippen LogP contribution in [-0.2, 0) is 9.53 Å². The highest BCUT2D eigenvalue weighted by molar-refractivity contribution is 6.27. The zero-order valence-corrected chi connectivity index (χ0v) is 15.8. The van der Waals surface area contributed by atoms with Crippen molar-refractivity contribution in [1.29, 1.82) is 0 Å². The Morgan fingerprint density at radius 2 is 1.89 bits per heavy atom. The van der Waals surface area contributed by atoms with Crippen molar-refractivity contribution in [2.45, 2.75) is 19.8 Å². The van der Waals surface area contributed by atoms with Gasteiger partial charge in [0.05, 0.1) is 6.54 Å². The predicted octanol–water partition coefficient (Wildman–Crippen LogP) is 3.43. The standard InChI is InChI=1S/C20H21ClN2O4/c1-2-3-9-22-16-8-7-15-18-13(16)5-4-6-14(18)19(25)23(20(15)26)10-11-27-17(24)12-21/h4-8,22H,2-3,9-12H2,1H3. The maximum atomic E-state index is 12.8. The molecule has 2 aromatic rings. The Bertz CT molecular complexity index is 875. The van der Waals surface area contributed by atoms with Crippen LogP contribution in [0.15, 0.2) is 30.3 Å². The van der Waals surface area contributed by atoms with Gasteiger partial charge < -0.3 is 10.1 Å². The summed E-state index contributed by atoms with van der Waals surface area (Å²) >= 11 is 5.38. The number of ether oxygens (including phenoxy) is 1. The van der Waals surface area contributed by atoms with Gasteiger partial charge in [0, 0.05) is 34.1 Å². The lowest BCUT2D eigenvalue weighted by molar-refractivity contribution is -0.140. The Labute approximate surface area is 162 Å². The summed E-state index contributed by atoms with van der Waals surface area (Å²) in [6, 6.07) is 9.05. The van der Waals surface area contributed by atoms with E-state index in [0.717, 1.165) is 35.4 Å². The van der Waals surface area contributed by atoms with Crippen molar-refractivity contribution in [2.75, 3.05) is 30.9 Å². The van der Waals surface area contributed by atoms with Crippen molar-refractivity contribution in [2.24, 2.45) is 0 Å². The van der Waals surface area contributed by atoms with E-state index in [4.69, 9.17) is 16.3 Å². The molecule has 7 heteroatoms.